The summed E-state index contributed by atoms with van der Waals surface area (Å²) in [7, 11) is 0. The lowest BCUT2D eigenvalue weighted by Gasteiger charge is -2.09. The highest BCUT2D eigenvalue weighted by atomic mass is 32.2. The Morgan fingerprint density at radius 3 is 2.93 bits per heavy atom. The summed E-state index contributed by atoms with van der Waals surface area (Å²) in [6.07, 6.45) is 5.23. The number of amides is 1. The summed E-state index contributed by atoms with van der Waals surface area (Å²) in [5.41, 5.74) is 2.02. The molecule has 2 heterocycles. The van der Waals surface area contributed by atoms with E-state index in [1.165, 1.54) is 40.5 Å². The molecule has 0 radical (unpaired) electrons. The van der Waals surface area contributed by atoms with E-state index in [-0.39, 0.29) is 5.91 Å². The predicted octanol–water partition coefficient (Wildman–Crippen LogP) is 4.93. The number of aromatic amines is 1. The van der Waals surface area contributed by atoms with Crippen LogP contribution in [-0.2, 0) is 17.6 Å². The largest absolute Gasteiger partial charge is 0.316 e. The Morgan fingerprint density at radius 1 is 1.33 bits per heavy atom. The van der Waals surface area contributed by atoms with Crippen molar-refractivity contribution < 1.29 is 9.18 Å². The third-order valence-corrected chi connectivity index (χ3v) is 7.18. The van der Waals surface area contributed by atoms with Gasteiger partial charge >= 0.3 is 0 Å². The smallest absolute Gasteiger partial charge is 0.238 e. The summed E-state index contributed by atoms with van der Waals surface area (Å²) in [4.78, 5) is 18.2. The number of thiophene rings is 1. The third kappa shape index (κ3) is 4.25. The highest BCUT2D eigenvalue weighted by molar-refractivity contribution is 8.00. The van der Waals surface area contributed by atoms with Crippen molar-refractivity contribution >= 4 is 34.0 Å². The molecule has 0 saturated carbocycles. The van der Waals surface area contributed by atoms with Crippen LogP contribution in [0.5, 0.6) is 0 Å². The van der Waals surface area contributed by atoms with Gasteiger partial charge in [0.05, 0.1) is 16.4 Å². The summed E-state index contributed by atoms with van der Waals surface area (Å²) in [5.74, 6) is -0.292. The number of carbonyl (C=O) groups excluding carboxylic acids is 1. The summed E-state index contributed by atoms with van der Waals surface area (Å²) >= 11 is 2.69. The first-order valence-corrected chi connectivity index (χ1v) is 11.5. The maximum atomic E-state index is 13.9. The minimum absolute atomic E-state index is 0.217. The number of carbonyl (C=O) groups is 1. The van der Waals surface area contributed by atoms with Crippen LogP contribution < -0.4 is 5.32 Å². The molecular weight excluding hydrogens is 421 g/mol. The highest BCUT2D eigenvalue weighted by Crippen LogP contribution is 2.37. The molecule has 3 aromatic rings. The van der Waals surface area contributed by atoms with Gasteiger partial charge in [-0.2, -0.15) is 5.26 Å². The van der Waals surface area contributed by atoms with Gasteiger partial charge in [-0.15, -0.1) is 16.4 Å². The third-order valence-electron chi connectivity index (χ3n) is 5.02. The molecule has 1 amide bonds. The average Bonchev–Trinajstić information content (AvgIpc) is 3.25. The molecule has 1 aliphatic carbocycles. The first-order valence-electron chi connectivity index (χ1n) is 9.76. The zero-order valence-electron chi connectivity index (χ0n) is 16.4. The first kappa shape index (κ1) is 20.6. The summed E-state index contributed by atoms with van der Waals surface area (Å²) in [6, 6.07) is 8.58. The quantitative estimate of drug-likeness (QED) is 0.432. The summed E-state index contributed by atoms with van der Waals surface area (Å²) in [5, 5.41) is 19.9. The van der Waals surface area contributed by atoms with Gasteiger partial charge in [0.1, 0.15) is 16.9 Å². The van der Waals surface area contributed by atoms with Crippen LogP contribution >= 0.6 is 23.1 Å². The van der Waals surface area contributed by atoms with E-state index in [0.717, 1.165) is 31.2 Å². The topological polar surface area (TPSA) is 94.5 Å². The number of nitriles is 1. The first-order chi connectivity index (χ1) is 14.6. The molecule has 0 fully saturated rings. The van der Waals surface area contributed by atoms with Crippen molar-refractivity contribution in [2.24, 2.45) is 0 Å². The van der Waals surface area contributed by atoms with Crippen LogP contribution in [0.25, 0.3) is 11.4 Å². The number of rotatable bonds is 5. The Labute approximate surface area is 181 Å². The van der Waals surface area contributed by atoms with E-state index >= 15 is 0 Å². The standard InChI is InChI=1S/C21H20FN5OS2/c1-12(29-21-24-18(26-27-21)14-8-5-6-9-16(14)22)19(28)25-20-15(11-23)13-7-3-2-4-10-17(13)30-20/h5-6,8-9,12H,2-4,7,10H2,1H3,(H,25,28)(H,24,26,27). The van der Waals surface area contributed by atoms with E-state index in [4.69, 9.17) is 0 Å². The van der Waals surface area contributed by atoms with E-state index in [9.17, 15) is 14.4 Å². The molecule has 2 aromatic heterocycles. The van der Waals surface area contributed by atoms with Crippen LogP contribution in [0.1, 0.15) is 42.2 Å². The average molecular weight is 442 g/mol. The van der Waals surface area contributed by atoms with Gasteiger partial charge in [0, 0.05) is 4.88 Å². The molecule has 0 spiro atoms. The number of aromatic nitrogens is 3. The number of benzene rings is 1. The fraction of sp³-hybridized carbons (Fsp3) is 0.333. The minimum atomic E-state index is -0.484. The maximum absolute atomic E-state index is 13.9. The van der Waals surface area contributed by atoms with E-state index < -0.39 is 11.1 Å². The van der Waals surface area contributed by atoms with Crippen LogP contribution in [-0.4, -0.2) is 26.3 Å². The second-order valence-corrected chi connectivity index (χ2v) is 9.49. The predicted molar refractivity (Wildman–Crippen MR) is 116 cm³/mol. The molecule has 1 atom stereocenters. The summed E-state index contributed by atoms with van der Waals surface area (Å²) < 4.78 is 13.9. The van der Waals surface area contributed by atoms with Gasteiger partial charge in [-0.3, -0.25) is 9.89 Å². The van der Waals surface area contributed by atoms with Crippen molar-refractivity contribution in [2.45, 2.75) is 49.4 Å². The number of nitrogens with one attached hydrogen (secondary N) is 2. The van der Waals surface area contributed by atoms with E-state index in [1.807, 2.05) is 0 Å². The number of hydrogen-bond acceptors (Lipinski definition) is 6. The molecule has 0 aliphatic heterocycles. The number of nitrogens with zero attached hydrogens (tertiary/aromatic N) is 3. The Morgan fingerprint density at radius 2 is 2.13 bits per heavy atom. The van der Waals surface area contributed by atoms with E-state index in [0.29, 0.717) is 27.1 Å². The van der Waals surface area contributed by atoms with Crippen molar-refractivity contribution in [3.63, 3.8) is 0 Å². The maximum Gasteiger partial charge on any atom is 0.238 e. The zero-order valence-corrected chi connectivity index (χ0v) is 18.0. The monoisotopic (exact) mass is 441 g/mol. The Bertz CT molecular complexity index is 1120. The summed E-state index contributed by atoms with van der Waals surface area (Å²) in [6.45, 7) is 1.75. The second kappa shape index (κ2) is 8.98. The SMILES string of the molecule is CC(Sc1n[nH]c(-c2ccccc2F)n1)C(=O)Nc1sc2c(c1C#N)CCCCC2. The van der Waals surface area contributed by atoms with Crippen LogP contribution in [0.3, 0.4) is 0 Å². The van der Waals surface area contributed by atoms with Gasteiger partial charge in [0.25, 0.3) is 0 Å². The number of anilines is 1. The fourth-order valence-corrected chi connectivity index (χ4v) is 5.41. The molecule has 6 nitrogen and oxygen atoms in total. The molecule has 154 valence electrons. The van der Waals surface area contributed by atoms with Gasteiger partial charge in [-0.05, 0) is 50.3 Å². The minimum Gasteiger partial charge on any atom is -0.316 e. The van der Waals surface area contributed by atoms with Crippen LogP contribution in [0.15, 0.2) is 29.4 Å². The van der Waals surface area contributed by atoms with Crippen LogP contribution in [0.4, 0.5) is 9.39 Å². The number of halogens is 1. The molecule has 9 heteroatoms. The highest BCUT2D eigenvalue weighted by Gasteiger charge is 2.24. The number of H-pyrrole nitrogens is 1. The van der Waals surface area contributed by atoms with Crippen molar-refractivity contribution in [2.75, 3.05) is 5.32 Å². The van der Waals surface area contributed by atoms with Crippen molar-refractivity contribution in [3.05, 3.63) is 46.1 Å². The van der Waals surface area contributed by atoms with Crippen molar-refractivity contribution in [1.82, 2.24) is 15.2 Å². The van der Waals surface area contributed by atoms with E-state index in [2.05, 4.69) is 26.6 Å². The number of fused-ring (bicyclic) bond motifs is 1. The normalized spacial score (nSPS) is 14.4. The molecule has 1 aromatic carbocycles. The molecular formula is C21H20FN5OS2. The lowest BCUT2D eigenvalue weighted by molar-refractivity contribution is -0.115. The Kier molecular flexibility index (Phi) is 6.16. The fourth-order valence-electron chi connectivity index (χ4n) is 3.45. The van der Waals surface area contributed by atoms with Gasteiger partial charge < -0.3 is 5.32 Å². The van der Waals surface area contributed by atoms with Crippen LogP contribution in [0.2, 0.25) is 0 Å². The molecule has 1 unspecified atom stereocenters. The molecule has 2 N–H and O–H groups in total. The van der Waals surface area contributed by atoms with Crippen molar-refractivity contribution in [1.29, 1.82) is 5.26 Å². The van der Waals surface area contributed by atoms with Crippen LogP contribution in [0, 0.1) is 17.1 Å². The number of thioether (sulfide) groups is 1. The molecule has 1 aliphatic rings. The van der Waals surface area contributed by atoms with E-state index in [1.54, 1.807) is 25.1 Å². The van der Waals surface area contributed by atoms with Gasteiger partial charge in [-0.1, -0.05) is 30.3 Å². The number of hydrogen-bond donors (Lipinski definition) is 2. The Balaban J connectivity index is 1.45. The molecule has 0 saturated heterocycles. The lowest BCUT2D eigenvalue weighted by atomic mass is 10.1. The van der Waals surface area contributed by atoms with Gasteiger partial charge in [-0.25, -0.2) is 9.37 Å². The molecule has 4 rings (SSSR count). The molecule has 30 heavy (non-hydrogen) atoms. The zero-order chi connectivity index (χ0) is 21.1. The van der Waals surface area contributed by atoms with Gasteiger partial charge in [0.2, 0.25) is 11.1 Å². The molecule has 0 bridgehead atoms. The number of aryl methyl sites for hydroxylation is 1. The second-order valence-electron chi connectivity index (χ2n) is 7.08. The lowest BCUT2D eigenvalue weighted by Crippen LogP contribution is -2.22. The van der Waals surface area contributed by atoms with Crippen molar-refractivity contribution in [3.8, 4) is 17.5 Å². The Hall–Kier alpha value is -2.70. The van der Waals surface area contributed by atoms with Gasteiger partial charge in [0.15, 0.2) is 5.82 Å².